The predicted molar refractivity (Wildman–Crippen MR) is 60.5 cm³/mol. The molecule has 4 nitrogen and oxygen atoms in total. The Morgan fingerprint density at radius 2 is 2.13 bits per heavy atom. The van der Waals surface area contributed by atoms with Gasteiger partial charge < -0.3 is 14.5 Å². The van der Waals surface area contributed by atoms with Crippen LogP contribution in [0.15, 0.2) is 24.3 Å². The number of rotatable bonds is 2. The van der Waals surface area contributed by atoms with Crippen molar-refractivity contribution in [1.82, 2.24) is 4.90 Å². The molecule has 0 N–H and O–H groups in total. The maximum Gasteiger partial charge on any atom is 0.414 e. The van der Waals surface area contributed by atoms with Crippen LogP contribution >= 0.6 is 0 Å². The second-order valence-corrected chi connectivity index (χ2v) is 3.10. The van der Waals surface area contributed by atoms with E-state index in [1.54, 1.807) is 0 Å². The molecular formula is C11H16N2O2. The third kappa shape index (κ3) is 3.16. The van der Waals surface area contributed by atoms with Gasteiger partial charge >= 0.3 is 6.09 Å². The number of amides is 1. The highest BCUT2D eigenvalue weighted by molar-refractivity contribution is 5.70. The highest BCUT2D eigenvalue weighted by Gasteiger charge is 2.07. The van der Waals surface area contributed by atoms with E-state index in [9.17, 15) is 4.79 Å². The second-order valence-electron chi connectivity index (χ2n) is 3.10. The zero-order chi connectivity index (χ0) is 16.4. The Hall–Kier alpha value is -1.71. The summed E-state index contributed by atoms with van der Waals surface area (Å²) in [5.41, 5.74) is -0.0842. The summed E-state index contributed by atoms with van der Waals surface area (Å²) < 4.78 is 49.1. The maximum absolute atomic E-state index is 11.5. The Bertz CT molecular complexity index is 498. The Kier molecular flexibility index (Phi) is 1.68. The Morgan fingerprint density at radius 1 is 1.40 bits per heavy atom. The smallest absolute Gasteiger partial charge is 0.410 e. The van der Waals surface area contributed by atoms with E-state index >= 15 is 0 Å². The molecule has 0 aliphatic carbocycles. The number of nitrogens with zero attached hydrogens (tertiary/aromatic N) is 2. The lowest BCUT2D eigenvalue weighted by atomic mass is 10.3. The van der Waals surface area contributed by atoms with Crippen molar-refractivity contribution in [1.29, 1.82) is 0 Å². The van der Waals surface area contributed by atoms with Gasteiger partial charge in [-0.15, -0.1) is 0 Å². The summed E-state index contributed by atoms with van der Waals surface area (Å²) in [6.07, 6.45) is -0.651. The summed E-state index contributed by atoms with van der Waals surface area (Å²) in [6, 6.07) is 5.37. The molecule has 4 heteroatoms. The monoisotopic (exact) mass is 214 g/mol. The Balaban J connectivity index is 3.15. The highest BCUT2D eigenvalue weighted by atomic mass is 16.6. The first-order valence-electron chi connectivity index (χ1n) is 7.22. The van der Waals surface area contributed by atoms with Crippen LogP contribution in [0, 0.1) is 0 Å². The molecule has 1 rings (SSSR count). The fourth-order valence-corrected chi connectivity index (χ4v) is 0.878. The summed E-state index contributed by atoms with van der Waals surface area (Å²) in [6.45, 7) is -5.70. The predicted octanol–water partition coefficient (Wildman–Crippen LogP) is 1.81. The van der Waals surface area contributed by atoms with Crippen molar-refractivity contribution in [2.24, 2.45) is 0 Å². The Morgan fingerprint density at radius 3 is 2.73 bits per heavy atom. The van der Waals surface area contributed by atoms with Gasteiger partial charge in [0.05, 0.1) is 0 Å². The molecule has 1 aromatic carbocycles. The van der Waals surface area contributed by atoms with Crippen LogP contribution < -0.4 is 9.64 Å². The van der Waals surface area contributed by atoms with E-state index in [2.05, 4.69) is 0 Å². The van der Waals surface area contributed by atoms with E-state index in [4.69, 9.17) is 13.0 Å². The molecule has 0 aromatic heterocycles. The van der Waals surface area contributed by atoms with Gasteiger partial charge in [0.25, 0.3) is 0 Å². The van der Waals surface area contributed by atoms with E-state index < -0.39 is 20.0 Å². The standard InChI is InChI=1S/C11H16N2O2/c1-12(2)9-6-5-7-10(8-9)15-11(14)13(3)4/h5-8H,1-4H3/i1D3,2D3. The van der Waals surface area contributed by atoms with Crippen molar-refractivity contribution in [3.63, 3.8) is 0 Å². The first kappa shape index (κ1) is 5.39. The largest absolute Gasteiger partial charge is 0.414 e. The number of carbonyl (C=O) groups excluding carboxylic acids is 1. The number of benzene rings is 1. The van der Waals surface area contributed by atoms with Crippen LogP contribution in [-0.2, 0) is 0 Å². The fraction of sp³-hybridized carbons (Fsp3) is 0.364. The van der Waals surface area contributed by atoms with Crippen LogP contribution in [0.4, 0.5) is 10.5 Å². The van der Waals surface area contributed by atoms with Gasteiger partial charge in [0.15, 0.2) is 0 Å². The summed E-state index contributed by atoms with van der Waals surface area (Å²) in [5.74, 6) is 0.0599. The lowest BCUT2D eigenvalue weighted by Crippen LogP contribution is -2.25. The molecule has 0 spiro atoms. The third-order valence-electron chi connectivity index (χ3n) is 1.65. The number of ether oxygens (including phenoxy) is 1. The van der Waals surface area contributed by atoms with Crippen molar-refractivity contribution in [2.75, 3.05) is 32.9 Å². The van der Waals surface area contributed by atoms with Gasteiger partial charge in [-0.25, -0.2) is 4.79 Å². The van der Waals surface area contributed by atoms with E-state index in [0.717, 1.165) is 0 Å². The van der Waals surface area contributed by atoms with Crippen molar-refractivity contribution in [3.05, 3.63) is 24.3 Å². The molecule has 0 bridgehead atoms. The molecule has 0 fully saturated rings. The van der Waals surface area contributed by atoms with Gasteiger partial charge in [-0.1, -0.05) is 6.07 Å². The summed E-state index contributed by atoms with van der Waals surface area (Å²) in [5, 5.41) is 0. The topological polar surface area (TPSA) is 32.8 Å². The number of anilines is 1. The zero-order valence-electron chi connectivity index (χ0n) is 14.5. The average molecular weight is 214 g/mol. The van der Waals surface area contributed by atoms with Crippen molar-refractivity contribution in [3.8, 4) is 5.75 Å². The van der Waals surface area contributed by atoms with Crippen molar-refractivity contribution < 1.29 is 17.8 Å². The van der Waals surface area contributed by atoms with Gasteiger partial charge in [0, 0.05) is 48.0 Å². The van der Waals surface area contributed by atoms with Gasteiger partial charge in [0.2, 0.25) is 0 Å². The average Bonchev–Trinajstić information content (AvgIpc) is 2.24. The number of carbonyl (C=O) groups is 1. The molecule has 0 heterocycles. The van der Waals surface area contributed by atoms with Crippen LogP contribution in [0.1, 0.15) is 8.22 Å². The van der Waals surface area contributed by atoms with Gasteiger partial charge in [-0.2, -0.15) is 0 Å². The zero-order valence-corrected chi connectivity index (χ0v) is 8.52. The van der Waals surface area contributed by atoms with Crippen LogP contribution in [0.3, 0.4) is 0 Å². The lowest BCUT2D eigenvalue weighted by molar-refractivity contribution is 0.172. The van der Waals surface area contributed by atoms with Gasteiger partial charge in [0.1, 0.15) is 5.75 Å². The summed E-state index contributed by atoms with van der Waals surface area (Å²) in [4.78, 5) is 13.0. The number of hydrogen-bond donors (Lipinski definition) is 0. The van der Waals surface area contributed by atoms with Gasteiger partial charge in [-0.05, 0) is 12.1 Å². The SMILES string of the molecule is [2H]C([2H])([2H])N(c1cccc(OC(=O)N(C)C)c1)C([2H])([2H])[2H]. The van der Waals surface area contributed by atoms with Gasteiger partial charge in [-0.3, -0.25) is 0 Å². The van der Waals surface area contributed by atoms with Crippen molar-refractivity contribution >= 4 is 11.8 Å². The minimum atomic E-state index is -2.85. The van der Waals surface area contributed by atoms with Crippen LogP contribution in [0.25, 0.3) is 0 Å². The molecule has 1 aromatic rings. The van der Waals surface area contributed by atoms with Crippen LogP contribution in [-0.4, -0.2) is 39.0 Å². The minimum absolute atomic E-state index is 0.0599. The quantitative estimate of drug-likeness (QED) is 0.752. The van der Waals surface area contributed by atoms with E-state index in [-0.39, 0.29) is 11.4 Å². The Labute approximate surface area is 98.5 Å². The van der Waals surface area contributed by atoms with Crippen molar-refractivity contribution in [2.45, 2.75) is 0 Å². The minimum Gasteiger partial charge on any atom is -0.410 e. The lowest BCUT2D eigenvalue weighted by Gasteiger charge is -2.14. The molecule has 82 valence electrons. The fourth-order valence-electron chi connectivity index (χ4n) is 0.878. The summed E-state index contributed by atoms with van der Waals surface area (Å²) >= 11 is 0. The van der Waals surface area contributed by atoms with E-state index in [1.165, 1.54) is 43.3 Å². The normalized spacial score (nSPS) is 17.2. The summed E-state index contributed by atoms with van der Waals surface area (Å²) in [7, 11) is 2.98. The molecule has 0 unspecified atom stereocenters. The van der Waals surface area contributed by atoms with E-state index in [0.29, 0.717) is 4.90 Å². The first-order chi connectivity index (χ1) is 9.43. The molecule has 0 atom stereocenters. The first-order valence-corrected chi connectivity index (χ1v) is 4.22. The third-order valence-corrected chi connectivity index (χ3v) is 1.65. The molecular weight excluding hydrogens is 192 g/mol. The highest BCUT2D eigenvalue weighted by Crippen LogP contribution is 2.19. The number of hydrogen-bond acceptors (Lipinski definition) is 3. The molecule has 0 aliphatic heterocycles. The molecule has 0 radical (unpaired) electrons. The van der Waals surface area contributed by atoms with Crippen LogP contribution in [0.2, 0.25) is 0 Å². The molecule has 0 saturated carbocycles. The molecule has 0 saturated heterocycles. The molecule has 15 heavy (non-hydrogen) atoms. The molecule has 1 amide bonds. The second kappa shape index (κ2) is 4.68. The van der Waals surface area contributed by atoms with Crippen LogP contribution in [0.5, 0.6) is 5.75 Å². The molecule has 0 aliphatic rings. The maximum atomic E-state index is 11.5. The van der Waals surface area contributed by atoms with E-state index in [1.807, 2.05) is 0 Å².